The summed E-state index contributed by atoms with van der Waals surface area (Å²) in [5.41, 5.74) is 1.43. The van der Waals surface area contributed by atoms with Crippen molar-refractivity contribution in [3.8, 4) is 5.75 Å². The molecule has 7 heteroatoms. The summed E-state index contributed by atoms with van der Waals surface area (Å²) in [6, 6.07) is 13.8. The van der Waals surface area contributed by atoms with E-state index < -0.39 is 5.97 Å². The van der Waals surface area contributed by atoms with Gasteiger partial charge in [-0.1, -0.05) is 81.2 Å². The van der Waals surface area contributed by atoms with Crippen LogP contribution in [0.25, 0.3) is 6.08 Å². The lowest BCUT2D eigenvalue weighted by Gasteiger charge is -2.14. The summed E-state index contributed by atoms with van der Waals surface area (Å²) in [5, 5.41) is 9.20. The van der Waals surface area contributed by atoms with Crippen LogP contribution in [-0.2, 0) is 4.79 Å². The van der Waals surface area contributed by atoms with Crippen LogP contribution >= 0.6 is 24.0 Å². The number of carbonyl (C=O) groups excluding carboxylic acids is 1. The Morgan fingerprint density at radius 1 is 1.09 bits per heavy atom. The van der Waals surface area contributed by atoms with Crippen molar-refractivity contribution in [1.82, 2.24) is 0 Å². The van der Waals surface area contributed by atoms with E-state index in [1.807, 2.05) is 24.3 Å². The molecule has 0 bridgehead atoms. The van der Waals surface area contributed by atoms with Gasteiger partial charge >= 0.3 is 5.97 Å². The maximum atomic E-state index is 12.9. The number of carboxylic acid groups (broad SMARTS) is 1. The summed E-state index contributed by atoms with van der Waals surface area (Å²) in [7, 11) is 0. The summed E-state index contributed by atoms with van der Waals surface area (Å²) in [6.45, 7) is 2.92. The number of benzene rings is 2. The standard InChI is InChI=1S/C25H27NO4S2/c1-2-3-4-5-6-7-15-30-21-13-11-18(12-14-21)16-22-23(27)26(25(31)32-22)20-10-8-9-19(17-20)24(28)29/h8-14,16-17H,2-7,15H2,1H3,(H,28,29)/b22-16-. The summed E-state index contributed by atoms with van der Waals surface area (Å²) < 4.78 is 6.19. The predicted octanol–water partition coefficient (Wildman–Crippen LogP) is 6.53. The van der Waals surface area contributed by atoms with Crippen LogP contribution in [0.1, 0.15) is 61.4 Å². The smallest absolute Gasteiger partial charge is 0.335 e. The molecule has 0 unspecified atom stereocenters. The van der Waals surface area contributed by atoms with Crippen LogP contribution in [0.5, 0.6) is 5.75 Å². The summed E-state index contributed by atoms with van der Waals surface area (Å²) >= 11 is 6.58. The second kappa shape index (κ2) is 11.8. The monoisotopic (exact) mass is 469 g/mol. The highest BCUT2D eigenvalue weighted by Crippen LogP contribution is 2.36. The van der Waals surface area contributed by atoms with E-state index in [-0.39, 0.29) is 11.5 Å². The minimum Gasteiger partial charge on any atom is -0.494 e. The Labute approximate surface area is 198 Å². The number of ether oxygens (including phenoxy) is 1. The molecule has 0 atom stereocenters. The molecule has 0 aliphatic carbocycles. The summed E-state index contributed by atoms with van der Waals surface area (Å²) in [5.74, 6) is -0.494. The van der Waals surface area contributed by atoms with Gasteiger partial charge in [0.05, 0.1) is 22.8 Å². The van der Waals surface area contributed by atoms with E-state index in [1.165, 1.54) is 60.9 Å². The minimum absolute atomic E-state index is 0.108. The SMILES string of the molecule is CCCCCCCCOc1ccc(/C=C2\SC(=S)N(c3cccc(C(=O)O)c3)C2=O)cc1. The van der Waals surface area contributed by atoms with Gasteiger partial charge in [0.25, 0.3) is 5.91 Å². The van der Waals surface area contributed by atoms with E-state index in [9.17, 15) is 14.7 Å². The molecule has 0 saturated carbocycles. The van der Waals surface area contributed by atoms with Crippen LogP contribution in [0.3, 0.4) is 0 Å². The van der Waals surface area contributed by atoms with Crippen molar-refractivity contribution < 1.29 is 19.4 Å². The third-order valence-electron chi connectivity index (χ3n) is 5.09. The number of unbranched alkanes of at least 4 members (excludes halogenated alkanes) is 5. The number of rotatable bonds is 11. The molecule has 2 aromatic carbocycles. The fraction of sp³-hybridized carbons (Fsp3) is 0.320. The first-order chi connectivity index (χ1) is 15.5. The van der Waals surface area contributed by atoms with Crippen LogP contribution in [0.4, 0.5) is 5.69 Å². The third-order valence-corrected chi connectivity index (χ3v) is 6.39. The minimum atomic E-state index is -1.05. The van der Waals surface area contributed by atoms with Gasteiger partial charge in [0.15, 0.2) is 4.32 Å². The fourth-order valence-electron chi connectivity index (χ4n) is 3.35. The van der Waals surface area contributed by atoms with Gasteiger partial charge in [0.1, 0.15) is 5.75 Å². The zero-order valence-corrected chi connectivity index (χ0v) is 19.7. The molecule has 1 aliphatic heterocycles. The number of carbonyl (C=O) groups is 2. The van der Waals surface area contributed by atoms with Crippen LogP contribution in [0.15, 0.2) is 53.4 Å². The van der Waals surface area contributed by atoms with Crippen LogP contribution in [-0.4, -0.2) is 27.9 Å². The van der Waals surface area contributed by atoms with Crippen LogP contribution in [0, 0.1) is 0 Å². The van der Waals surface area contributed by atoms with Crippen molar-refractivity contribution in [2.45, 2.75) is 45.4 Å². The number of aromatic carboxylic acids is 1. The van der Waals surface area contributed by atoms with Crippen LogP contribution in [0.2, 0.25) is 0 Å². The molecule has 1 N–H and O–H groups in total. The quantitative estimate of drug-likeness (QED) is 0.229. The number of hydrogen-bond acceptors (Lipinski definition) is 5. The van der Waals surface area contributed by atoms with Crippen molar-refractivity contribution in [2.75, 3.05) is 11.5 Å². The molecular weight excluding hydrogens is 442 g/mol. The molecular formula is C25H27NO4S2. The lowest BCUT2D eigenvalue weighted by atomic mass is 10.1. The van der Waals surface area contributed by atoms with E-state index in [1.54, 1.807) is 18.2 Å². The number of anilines is 1. The number of hydrogen-bond donors (Lipinski definition) is 1. The Balaban J connectivity index is 1.59. The predicted molar refractivity (Wildman–Crippen MR) is 134 cm³/mol. The van der Waals surface area contributed by atoms with E-state index >= 15 is 0 Å². The molecule has 1 aliphatic rings. The van der Waals surface area contributed by atoms with Crippen molar-refractivity contribution in [2.24, 2.45) is 0 Å². The first-order valence-electron chi connectivity index (χ1n) is 10.8. The van der Waals surface area contributed by atoms with Gasteiger partial charge in [-0.3, -0.25) is 9.69 Å². The maximum absolute atomic E-state index is 12.9. The second-order valence-corrected chi connectivity index (χ2v) is 9.23. The van der Waals surface area contributed by atoms with Crippen LogP contribution < -0.4 is 9.64 Å². The molecule has 1 saturated heterocycles. The average molecular weight is 470 g/mol. The van der Waals surface area contributed by atoms with E-state index in [0.29, 0.717) is 21.5 Å². The average Bonchev–Trinajstić information content (AvgIpc) is 3.07. The molecule has 0 spiro atoms. The largest absolute Gasteiger partial charge is 0.494 e. The zero-order chi connectivity index (χ0) is 22.9. The topological polar surface area (TPSA) is 66.8 Å². The Hall–Kier alpha value is -2.64. The lowest BCUT2D eigenvalue weighted by molar-refractivity contribution is -0.113. The third kappa shape index (κ3) is 6.43. The Morgan fingerprint density at radius 2 is 1.81 bits per heavy atom. The number of thioether (sulfide) groups is 1. The van der Waals surface area contributed by atoms with E-state index in [2.05, 4.69) is 6.92 Å². The number of nitrogens with zero attached hydrogens (tertiary/aromatic N) is 1. The van der Waals surface area contributed by atoms with Crippen molar-refractivity contribution >= 4 is 51.9 Å². The molecule has 168 valence electrons. The molecule has 5 nitrogen and oxygen atoms in total. The van der Waals surface area contributed by atoms with Gasteiger partial charge in [0, 0.05) is 0 Å². The van der Waals surface area contributed by atoms with Crippen molar-refractivity contribution in [3.05, 3.63) is 64.6 Å². The Morgan fingerprint density at radius 3 is 2.53 bits per heavy atom. The van der Waals surface area contributed by atoms with Crippen molar-refractivity contribution in [1.29, 1.82) is 0 Å². The molecule has 1 amide bonds. The molecule has 0 radical (unpaired) electrons. The van der Waals surface area contributed by atoms with Gasteiger partial charge in [-0.2, -0.15) is 0 Å². The number of amides is 1. The van der Waals surface area contributed by atoms with Gasteiger partial charge in [0.2, 0.25) is 0 Å². The first kappa shape index (κ1) is 24.0. The highest BCUT2D eigenvalue weighted by molar-refractivity contribution is 8.27. The lowest BCUT2D eigenvalue weighted by Crippen LogP contribution is -2.27. The Kier molecular flexibility index (Phi) is 8.88. The molecule has 1 heterocycles. The number of thiocarbonyl (C=S) groups is 1. The number of carboxylic acids is 1. The molecule has 3 rings (SSSR count). The highest BCUT2D eigenvalue weighted by Gasteiger charge is 2.33. The highest BCUT2D eigenvalue weighted by atomic mass is 32.2. The normalized spacial score (nSPS) is 14.9. The second-order valence-electron chi connectivity index (χ2n) is 7.56. The maximum Gasteiger partial charge on any atom is 0.335 e. The van der Waals surface area contributed by atoms with Gasteiger partial charge < -0.3 is 9.84 Å². The van der Waals surface area contributed by atoms with Gasteiger partial charge in [-0.15, -0.1) is 0 Å². The molecule has 32 heavy (non-hydrogen) atoms. The van der Waals surface area contributed by atoms with Gasteiger partial charge in [-0.25, -0.2) is 4.79 Å². The molecule has 0 aromatic heterocycles. The summed E-state index contributed by atoms with van der Waals surface area (Å²) in [4.78, 5) is 26.0. The fourth-order valence-corrected chi connectivity index (χ4v) is 4.65. The summed E-state index contributed by atoms with van der Waals surface area (Å²) in [6.07, 6.45) is 9.14. The van der Waals surface area contributed by atoms with E-state index in [0.717, 1.165) is 17.7 Å². The Bertz CT molecular complexity index is 1000. The van der Waals surface area contributed by atoms with Crippen molar-refractivity contribution in [3.63, 3.8) is 0 Å². The van der Waals surface area contributed by atoms with E-state index in [4.69, 9.17) is 17.0 Å². The molecule has 2 aromatic rings. The first-order valence-corrected chi connectivity index (χ1v) is 12.1. The van der Waals surface area contributed by atoms with Gasteiger partial charge in [-0.05, 0) is 48.4 Å². The molecule has 1 fully saturated rings. The zero-order valence-electron chi connectivity index (χ0n) is 18.1.